The van der Waals surface area contributed by atoms with Crippen LogP contribution < -0.4 is 11.2 Å². The fourth-order valence-electron chi connectivity index (χ4n) is 4.50. The van der Waals surface area contributed by atoms with Crippen LogP contribution >= 0.6 is 11.3 Å². The summed E-state index contributed by atoms with van der Waals surface area (Å²) >= 11 is 1.60. The lowest BCUT2D eigenvalue weighted by Crippen LogP contribution is -2.42. The average molecular weight is 495 g/mol. The third-order valence-corrected chi connectivity index (χ3v) is 7.44. The van der Waals surface area contributed by atoms with E-state index in [1.54, 1.807) is 29.5 Å². The van der Waals surface area contributed by atoms with Gasteiger partial charge in [0.25, 0.3) is 11.9 Å². The number of benzene rings is 1. The topological polar surface area (TPSA) is 124 Å². The van der Waals surface area contributed by atoms with Gasteiger partial charge in [-0.3, -0.25) is 14.9 Å². The number of nitrogens with zero attached hydrogens (tertiary/aromatic N) is 3. The van der Waals surface area contributed by atoms with Crippen molar-refractivity contribution in [2.75, 3.05) is 0 Å². The zero-order valence-electron chi connectivity index (χ0n) is 20.5. The lowest BCUT2D eigenvalue weighted by Gasteiger charge is -2.41. The van der Waals surface area contributed by atoms with E-state index in [4.69, 9.17) is 11.4 Å². The lowest BCUT2D eigenvalue weighted by molar-refractivity contribution is -0.130. The molecule has 2 amide bonds. The molecular weight excluding hydrogens is 460 g/mol. The number of hydrogen-bond donors (Lipinski definition) is 3. The first-order valence-corrected chi connectivity index (χ1v) is 12.7. The Bertz CT molecular complexity index is 1060. The summed E-state index contributed by atoms with van der Waals surface area (Å²) in [6.07, 6.45) is 7.73. The van der Waals surface area contributed by atoms with E-state index < -0.39 is 5.91 Å². The molecule has 1 heterocycles. The highest BCUT2D eigenvalue weighted by molar-refractivity contribution is 7.10. The number of carbonyl (C=O) groups is 2. The van der Waals surface area contributed by atoms with Gasteiger partial charge in [-0.25, -0.2) is 5.53 Å². The standard InChI is InChI=1S/C26H34N6O2S/c1-26(2,3)20-10-12-21(13-11-20)32(23(33)15-14-22-5-4-16-35-22)17-18-6-8-19(9-7-18)24(34)29-25(30-27)31-28/h4-9,14-16,20-21,27H,10-13,17,28H2,1-3H3,(H,29,31,34)/b15-14+,30-27?. The van der Waals surface area contributed by atoms with Gasteiger partial charge in [0.2, 0.25) is 5.91 Å². The predicted octanol–water partition coefficient (Wildman–Crippen LogP) is 5.39. The van der Waals surface area contributed by atoms with Crippen molar-refractivity contribution in [3.05, 3.63) is 63.9 Å². The van der Waals surface area contributed by atoms with E-state index in [1.807, 2.05) is 40.6 Å². The molecule has 1 aromatic heterocycles. The number of nitrogens with two attached hydrogens (primary N) is 1. The number of rotatable bonds is 6. The number of carbonyl (C=O) groups excluding carboxylic acids is 2. The molecule has 3 rings (SSSR count). The molecule has 0 radical (unpaired) electrons. The van der Waals surface area contributed by atoms with Crippen molar-refractivity contribution < 1.29 is 9.59 Å². The summed E-state index contributed by atoms with van der Waals surface area (Å²) in [5.41, 5.74) is 8.55. The number of amides is 2. The fraction of sp³-hybridized carbons (Fsp3) is 0.423. The van der Waals surface area contributed by atoms with Crippen LogP contribution in [0.15, 0.2) is 58.1 Å². The minimum atomic E-state index is -0.455. The fourth-order valence-corrected chi connectivity index (χ4v) is 5.11. The lowest BCUT2D eigenvalue weighted by atomic mass is 9.71. The van der Waals surface area contributed by atoms with Crippen LogP contribution in [0.3, 0.4) is 0 Å². The summed E-state index contributed by atoms with van der Waals surface area (Å²) in [4.78, 5) is 28.6. The van der Waals surface area contributed by atoms with Crippen molar-refractivity contribution in [1.82, 2.24) is 10.2 Å². The molecule has 4 N–H and O–H groups in total. The molecule has 1 aliphatic rings. The second kappa shape index (κ2) is 11.9. The van der Waals surface area contributed by atoms with Crippen molar-refractivity contribution in [2.45, 2.75) is 59.0 Å². The van der Waals surface area contributed by atoms with Crippen molar-refractivity contribution >= 4 is 35.2 Å². The van der Waals surface area contributed by atoms with Crippen LogP contribution in [0.4, 0.5) is 0 Å². The quantitative estimate of drug-likeness (QED) is 0.125. The Morgan fingerprint density at radius 2 is 1.86 bits per heavy atom. The van der Waals surface area contributed by atoms with E-state index in [0.29, 0.717) is 18.0 Å². The maximum atomic E-state index is 13.3. The highest BCUT2D eigenvalue weighted by Gasteiger charge is 2.33. The molecule has 1 aromatic carbocycles. The number of hydrazone groups is 1. The first-order chi connectivity index (χ1) is 16.7. The van der Waals surface area contributed by atoms with Crippen LogP contribution in [0, 0.1) is 16.9 Å². The Kier molecular flexibility index (Phi) is 8.92. The smallest absolute Gasteiger partial charge is 0.265 e. The van der Waals surface area contributed by atoms with Gasteiger partial charge >= 0.3 is 0 Å². The minimum Gasteiger partial charge on any atom is -0.332 e. The summed E-state index contributed by atoms with van der Waals surface area (Å²) < 4.78 is 0. The van der Waals surface area contributed by atoms with Gasteiger partial charge in [0.1, 0.15) is 0 Å². The normalized spacial score (nSPS) is 18.9. The zero-order valence-corrected chi connectivity index (χ0v) is 21.3. The SMILES string of the molecule is CC(C)(C)C1CCC(N(Cc2ccc(C(=O)N/C(N=N)=N/N)cc2)C(=O)/C=C/c2cccs2)CC1. The third kappa shape index (κ3) is 7.32. The van der Waals surface area contributed by atoms with Gasteiger partial charge in [0, 0.05) is 29.1 Å². The molecule has 186 valence electrons. The molecule has 0 atom stereocenters. The molecule has 9 heteroatoms. The molecule has 0 saturated heterocycles. The number of hydrogen-bond acceptors (Lipinski definition) is 6. The summed E-state index contributed by atoms with van der Waals surface area (Å²) in [6.45, 7) is 7.35. The third-order valence-electron chi connectivity index (χ3n) is 6.60. The average Bonchev–Trinajstić information content (AvgIpc) is 3.38. The molecule has 0 spiro atoms. The van der Waals surface area contributed by atoms with Gasteiger partial charge in [0.15, 0.2) is 0 Å². The molecule has 8 nitrogen and oxygen atoms in total. The molecule has 1 aliphatic carbocycles. The van der Waals surface area contributed by atoms with Crippen LogP contribution in [-0.2, 0) is 11.3 Å². The van der Waals surface area contributed by atoms with Crippen molar-refractivity contribution in [3.8, 4) is 0 Å². The molecule has 1 saturated carbocycles. The summed E-state index contributed by atoms with van der Waals surface area (Å²) in [7, 11) is 0. The maximum absolute atomic E-state index is 13.3. The Balaban J connectivity index is 1.74. The van der Waals surface area contributed by atoms with E-state index in [2.05, 4.69) is 36.3 Å². The number of guanidine groups is 1. The summed E-state index contributed by atoms with van der Waals surface area (Å²) in [5.74, 6) is 5.03. The van der Waals surface area contributed by atoms with Crippen molar-refractivity contribution in [2.24, 2.45) is 27.4 Å². The van der Waals surface area contributed by atoms with Gasteiger partial charge in [-0.15, -0.1) is 21.6 Å². The Morgan fingerprint density at radius 3 is 2.40 bits per heavy atom. The highest BCUT2D eigenvalue weighted by atomic mass is 32.1. The summed E-state index contributed by atoms with van der Waals surface area (Å²) in [6, 6.07) is 11.2. The Morgan fingerprint density at radius 1 is 1.17 bits per heavy atom. The Labute approximate surface area is 210 Å². The second-order valence-electron chi connectivity index (χ2n) is 9.90. The van der Waals surface area contributed by atoms with E-state index in [-0.39, 0.29) is 23.3 Å². The van der Waals surface area contributed by atoms with Gasteiger partial charge in [-0.1, -0.05) is 39.0 Å². The van der Waals surface area contributed by atoms with E-state index in [9.17, 15) is 9.59 Å². The van der Waals surface area contributed by atoms with E-state index >= 15 is 0 Å². The first-order valence-electron chi connectivity index (χ1n) is 11.8. The largest absolute Gasteiger partial charge is 0.332 e. The monoisotopic (exact) mass is 494 g/mol. The summed E-state index contributed by atoms with van der Waals surface area (Å²) in [5, 5.41) is 10.6. The highest BCUT2D eigenvalue weighted by Crippen LogP contribution is 2.39. The van der Waals surface area contributed by atoms with E-state index in [0.717, 1.165) is 36.1 Å². The minimum absolute atomic E-state index is 0.000264. The van der Waals surface area contributed by atoms with Gasteiger partial charge in [0.05, 0.1) is 0 Å². The van der Waals surface area contributed by atoms with Crippen LogP contribution in [-0.4, -0.2) is 28.7 Å². The van der Waals surface area contributed by atoms with Crippen LogP contribution in [0.25, 0.3) is 6.08 Å². The van der Waals surface area contributed by atoms with Crippen molar-refractivity contribution in [3.63, 3.8) is 0 Å². The number of nitrogens with one attached hydrogen (secondary N) is 2. The molecule has 0 bridgehead atoms. The van der Waals surface area contributed by atoms with Crippen molar-refractivity contribution in [1.29, 1.82) is 5.53 Å². The molecular formula is C26H34N6O2S. The molecule has 1 fully saturated rings. The molecule has 0 aliphatic heterocycles. The van der Waals surface area contributed by atoms with Crippen LogP contribution in [0.5, 0.6) is 0 Å². The molecule has 35 heavy (non-hydrogen) atoms. The van der Waals surface area contributed by atoms with Gasteiger partial charge < -0.3 is 10.7 Å². The predicted molar refractivity (Wildman–Crippen MR) is 140 cm³/mol. The first kappa shape index (κ1) is 26.3. The van der Waals surface area contributed by atoms with Crippen LogP contribution in [0.2, 0.25) is 0 Å². The van der Waals surface area contributed by atoms with Gasteiger partial charge in [-0.2, -0.15) is 0 Å². The maximum Gasteiger partial charge on any atom is 0.265 e. The molecule has 0 unspecified atom stereocenters. The molecule has 2 aromatic rings. The van der Waals surface area contributed by atoms with E-state index in [1.165, 1.54) is 0 Å². The Hall–Kier alpha value is -3.33. The van der Waals surface area contributed by atoms with Gasteiger partial charge in [-0.05, 0) is 72.2 Å². The zero-order chi connectivity index (χ0) is 25.4. The number of thiophene rings is 1. The van der Waals surface area contributed by atoms with Crippen LogP contribution in [0.1, 0.15) is 67.3 Å². The second-order valence-corrected chi connectivity index (χ2v) is 10.9.